The van der Waals surface area contributed by atoms with Crippen molar-refractivity contribution in [1.29, 1.82) is 5.26 Å². The van der Waals surface area contributed by atoms with Crippen molar-refractivity contribution in [3.63, 3.8) is 0 Å². The molecule has 1 amide bonds. The van der Waals surface area contributed by atoms with Crippen LogP contribution in [0.4, 0.5) is 0 Å². The van der Waals surface area contributed by atoms with Crippen molar-refractivity contribution in [3.8, 4) is 17.5 Å². The van der Waals surface area contributed by atoms with Gasteiger partial charge in [-0.05, 0) is 30.7 Å². The van der Waals surface area contributed by atoms with E-state index >= 15 is 0 Å². The minimum Gasteiger partial charge on any atom is -0.495 e. The average Bonchev–Trinajstić information content (AvgIpc) is 2.77. The van der Waals surface area contributed by atoms with E-state index in [1.54, 1.807) is 43.4 Å². The van der Waals surface area contributed by atoms with Gasteiger partial charge in [0.05, 0.1) is 41.9 Å². The molecule has 0 fully saturated rings. The molecular weight excluding hydrogens is 436 g/mol. The van der Waals surface area contributed by atoms with E-state index in [0.717, 1.165) is 17.3 Å². The Morgan fingerprint density at radius 2 is 2.10 bits per heavy atom. The van der Waals surface area contributed by atoms with Crippen LogP contribution in [0.3, 0.4) is 0 Å². The molecule has 0 saturated heterocycles. The number of carbonyl (C=O) groups excluding carboxylic acids is 1. The van der Waals surface area contributed by atoms with E-state index in [0.29, 0.717) is 39.1 Å². The number of nitrogens with zero attached hydrogens (tertiary/aromatic N) is 4. The number of para-hydroxylation sites is 1. The van der Waals surface area contributed by atoms with Crippen LogP contribution in [0.5, 0.6) is 5.75 Å². The number of aryl methyl sites for hydroxylation is 1. The van der Waals surface area contributed by atoms with Crippen LogP contribution in [-0.4, -0.2) is 46.8 Å². The molecule has 0 N–H and O–H groups in total. The van der Waals surface area contributed by atoms with Crippen LogP contribution < -0.4 is 10.3 Å². The molecule has 9 heteroatoms. The fraction of sp³-hybridized carbons (Fsp3) is 0.273. The molecule has 160 valence electrons. The first-order valence-corrected chi connectivity index (χ1v) is 10.8. The Bertz CT molecular complexity index is 1240. The van der Waals surface area contributed by atoms with Gasteiger partial charge in [0.25, 0.3) is 5.56 Å². The summed E-state index contributed by atoms with van der Waals surface area (Å²) >= 11 is 7.40. The Morgan fingerprint density at radius 1 is 1.35 bits per heavy atom. The molecule has 0 aliphatic carbocycles. The van der Waals surface area contributed by atoms with Crippen LogP contribution in [0, 0.1) is 18.3 Å². The average molecular weight is 457 g/mol. The second-order valence-electron chi connectivity index (χ2n) is 6.84. The molecule has 3 aromatic rings. The minimum atomic E-state index is -0.265. The smallest absolute Gasteiger partial charge is 0.266 e. The first-order valence-electron chi connectivity index (χ1n) is 9.47. The number of carbonyl (C=O) groups is 1. The van der Waals surface area contributed by atoms with E-state index in [-0.39, 0.29) is 23.6 Å². The summed E-state index contributed by atoms with van der Waals surface area (Å²) in [5, 5.41) is 10.1. The standard InChI is InChI=1S/C22H21ClN4O3S/c1-14-11-18(19(30-3)12-16(14)23)27-21(29)15-7-4-5-8-17(15)25-22(27)31-13-20(28)26(2)10-6-9-24/h4-5,7-8,11-12H,6,10,13H2,1-3H3. The van der Waals surface area contributed by atoms with Gasteiger partial charge >= 0.3 is 0 Å². The lowest BCUT2D eigenvalue weighted by Gasteiger charge is -2.18. The number of fused-ring (bicyclic) bond motifs is 1. The number of benzene rings is 2. The lowest BCUT2D eigenvalue weighted by atomic mass is 10.2. The Balaban J connectivity index is 2.12. The predicted molar refractivity (Wildman–Crippen MR) is 122 cm³/mol. The van der Waals surface area contributed by atoms with E-state index in [1.807, 2.05) is 13.0 Å². The molecule has 0 radical (unpaired) electrons. The highest BCUT2D eigenvalue weighted by molar-refractivity contribution is 7.99. The number of aromatic nitrogens is 2. The van der Waals surface area contributed by atoms with Gasteiger partial charge in [-0.1, -0.05) is 35.5 Å². The second kappa shape index (κ2) is 9.86. The molecule has 1 aromatic heterocycles. The molecule has 0 unspecified atom stereocenters. The van der Waals surface area contributed by atoms with Crippen LogP contribution in [0.2, 0.25) is 5.02 Å². The van der Waals surface area contributed by atoms with Crippen LogP contribution in [0.15, 0.2) is 46.3 Å². The first-order chi connectivity index (χ1) is 14.9. The van der Waals surface area contributed by atoms with E-state index < -0.39 is 0 Å². The van der Waals surface area contributed by atoms with Crippen molar-refractivity contribution < 1.29 is 9.53 Å². The third-order valence-corrected chi connectivity index (χ3v) is 6.09. The summed E-state index contributed by atoms with van der Waals surface area (Å²) in [7, 11) is 3.15. The number of hydrogen-bond acceptors (Lipinski definition) is 6. The van der Waals surface area contributed by atoms with E-state index in [1.165, 1.54) is 16.6 Å². The van der Waals surface area contributed by atoms with Gasteiger partial charge in [-0.3, -0.25) is 14.2 Å². The molecule has 1 heterocycles. The van der Waals surface area contributed by atoms with E-state index in [4.69, 9.17) is 21.6 Å². The molecule has 2 aromatic carbocycles. The van der Waals surface area contributed by atoms with Gasteiger partial charge in [-0.2, -0.15) is 5.26 Å². The summed E-state index contributed by atoms with van der Waals surface area (Å²) in [6.07, 6.45) is 0.257. The van der Waals surface area contributed by atoms with Crippen LogP contribution >= 0.6 is 23.4 Å². The molecule has 3 rings (SSSR count). The predicted octanol–water partition coefficient (Wildman–Crippen LogP) is 3.82. The van der Waals surface area contributed by atoms with Crippen molar-refractivity contribution in [2.45, 2.75) is 18.5 Å². The zero-order valence-electron chi connectivity index (χ0n) is 17.4. The minimum absolute atomic E-state index is 0.0710. The van der Waals surface area contributed by atoms with Gasteiger partial charge < -0.3 is 9.64 Å². The van der Waals surface area contributed by atoms with Gasteiger partial charge in [0.2, 0.25) is 5.91 Å². The molecule has 0 atom stereocenters. The number of rotatable bonds is 7. The molecule has 7 nitrogen and oxygen atoms in total. The quantitative estimate of drug-likeness (QED) is 0.396. The summed E-state index contributed by atoms with van der Waals surface area (Å²) in [6, 6.07) is 12.5. The number of thioether (sulfide) groups is 1. The third-order valence-electron chi connectivity index (χ3n) is 4.76. The second-order valence-corrected chi connectivity index (χ2v) is 8.19. The third kappa shape index (κ3) is 4.84. The van der Waals surface area contributed by atoms with Crippen LogP contribution in [-0.2, 0) is 4.79 Å². The molecule has 0 bridgehead atoms. The van der Waals surface area contributed by atoms with Crippen LogP contribution in [0.1, 0.15) is 12.0 Å². The number of amides is 1. The molecule has 0 aliphatic heterocycles. The lowest BCUT2D eigenvalue weighted by molar-refractivity contribution is -0.127. The first kappa shape index (κ1) is 22.7. The Kier molecular flexibility index (Phi) is 7.21. The highest BCUT2D eigenvalue weighted by atomic mass is 35.5. The van der Waals surface area contributed by atoms with E-state index in [2.05, 4.69) is 4.98 Å². The summed E-state index contributed by atoms with van der Waals surface area (Å²) in [5.74, 6) is 0.337. The van der Waals surface area contributed by atoms with Crippen molar-refractivity contribution in [3.05, 3.63) is 57.3 Å². The topological polar surface area (TPSA) is 88.2 Å². The highest BCUT2D eigenvalue weighted by Gasteiger charge is 2.19. The molecular formula is C22H21ClN4O3S. The maximum absolute atomic E-state index is 13.4. The molecule has 31 heavy (non-hydrogen) atoms. The number of methoxy groups -OCH3 is 1. The Morgan fingerprint density at radius 3 is 2.81 bits per heavy atom. The number of nitriles is 1. The van der Waals surface area contributed by atoms with Gasteiger partial charge in [0.1, 0.15) is 5.75 Å². The zero-order valence-corrected chi connectivity index (χ0v) is 19.0. The number of ether oxygens (including phenoxy) is 1. The summed E-state index contributed by atoms with van der Waals surface area (Å²) in [6.45, 7) is 2.18. The van der Waals surface area contributed by atoms with Crippen molar-refractivity contribution in [1.82, 2.24) is 14.5 Å². The monoisotopic (exact) mass is 456 g/mol. The van der Waals surface area contributed by atoms with Crippen molar-refractivity contribution in [2.75, 3.05) is 26.5 Å². The highest BCUT2D eigenvalue weighted by Crippen LogP contribution is 2.32. The van der Waals surface area contributed by atoms with Crippen molar-refractivity contribution >= 4 is 40.2 Å². The summed E-state index contributed by atoms with van der Waals surface area (Å²) < 4.78 is 6.93. The number of hydrogen-bond donors (Lipinski definition) is 0. The largest absolute Gasteiger partial charge is 0.495 e. The maximum Gasteiger partial charge on any atom is 0.266 e. The summed E-state index contributed by atoms with van der Waals surface area (Å²) in [5.41, 5.74) is 1.56. The van der Waals surface area contributed by atoms with E-state index in [9.17, 15) is 9.59 Å². The summed E-state index contributed by atoms with van der Waals surface area (Å²) in [4.78, 5) is 32.0. The van der Waals surface area contributed by atoms with Gasteiger partial charge in [-0.25, -0.2) is 4.98 Å². The molecule has 0 saturated carbocycles. The fourth-order valence-corrected chi connectivity index (χ4v) is 4.09. The SMILES string of the molecule is COc1cc(Cl)c(C)cc1-n1c(SCC(=O)N(C)CCC#N)nc2ccccc2c1=O. The normalized spacial score (nSPS) is 10.7. The van der Waals surface area contributed by atoms with Gasteiger partial charge in [0, 0.05) is 24.7 Å². The number of halogens is 1. The Hall–Kier alpha value is -3.02. The lowest BCUT2D eigenvalue weighted by Crippen LogP contribution is -2.29. The Labute approximate surface area is 189 Å². The fourth-order valence-electron chi connectivity index (χ4n) is 2.99. The van der Waals surface area contributed by atoms with Crippen molar-refractivity contribution in [2.24, 2.45) is 0 Å². The van der Waals surface area contributed by atoms with Gasteiger partial charge in [-0.15, -0.1) is 0 Å². The molecule has 0 spiro atoms. The van der Waals surface area contributed by atoms with Crippen LogP contribution in [0.25, 0.3) is 16.6 Å². The maximum atomic E-state index is 13.4. The van der Waals surface area contributed by atoms with Gasteiger partial charge in [0.15, 0.2) is 5.16 Å². The zero-order chi connectivity index (χ0) is 22.5. The molecule has 0 aliphatic rings.